The molecule has 0 fully saturated rings. The van der Waals surface area contributed by atoms with E-state index in [1.165, 1.54) is 42.5 Å². The van der Waals surface area contributed by atoms with Crippen LogP contribution in [0, 0.1) is 0 Å². The van der Waals surface area contributed by atoms with E-state index in [1.807, 2.05) is 0 Å². The molecule has 0 saturated carbocycles. The SMILES string of the molecule is Oc1cc(O)c2c(c1)O[C@@H](c1ccc(O)c(O)c1)[C@H](O)[13C@@H]2c1c(O)cc(O)c2c1O[C@H](c1ccc(O)c(O)c1)[C@@H](O)C2. The molecule has 0 aromatic heterocycles. The summed E-state index contributed by atoms with van der Waals surface area (Å²) in [5.41, 5.74) is 0.435. The minimum Gasteiger partial charge on any atom is -0.508 e. The third-order valence-corrected chi connectivity index (χ3v) is 7.67. The Bertz CT molecular complexity index is 1720. The second-order valence-electron chi connectivity index (χ2n) is 10.3. The first-order valence-corrected chi connectivity index (χ1v) is 12.8. The Morgan fingerprint density at radius 2 is 1.14 bits per heavy atom. The van der Waals surface area contributed by atoms with E-state index in [4.69, 9.17) is 9.47 Å². The van der Waals surface area contributed by atoms with Crippen LogP contribution < -0.4 is 9.47 Å². The molecule has 0 amide bonds. The third-order valence-electron chi connectivity index (χ3n) is 7.67. The van der Waals surface area contributed by atoms with Gasteiger partial charge in [0, 0.05) is 41.3 Å². The number of aliphatic hydroxyl groups excluding tert-OH is 2. The summed E-state index contributed by atoms with van der Waals surface area (Å²) in [6.07, 6.45) is -5.43. The van der Waals surface area contributed by atoms with Gasteiger partial charge in [-0.15, -0.1) is 0 Å². The van der Waals surface area contributed by atoms with Gasteiger partial charge in [0.15, 0.2) is 29.1 Å². The van der Waals surface area contributed by atoms with Crippen LogP contribution in [0.1, 0.15) is 45.9 Å². The second kappa shape index (κ2) is 9.72. The number of hydrogen-bond acceptors (Lipinski definition) is 12. The first kappa shape index (κ1) is 27.0. The molecule has 4 aromatic rings. The number of aliphatic hydroxyl groups is 2. The van der Waals surface area contributed by atoms with Crippen molar-refractivity contribution >= 4 is 0 Å². The van der Waals surface area contributed by atoms with Gasteiger partial charge in [0.05, 0.1) is 12.0 Å². The van der Waals surface area contributed by atoms with E-state index in [1.54, 1.807) is 0 Å². The van der Waals surface area contributed by atoms with E-state index in [0.29, 0.717) is 0 Å². The highest BCUT2D eigenvalue weighted by molar-refractivity contribution is 5.65. The third kappa shape index (κ3) is 4.24. The summed E-state index contributed by atoms with van der Waals surface area (Å²) in [6, 6.07) is 10.8. The van der Waals surface area contributed by atoms with Crippen LogP contribution in [0.3, 0.4) is 0 Å². The normalized spacial score (nSPS) is 22.9. The first-order valence-electron chi connectivity index (χ1n) is 12.8. The molecule has 12 heteroatoms. The topological polar surface area (TPSA) is 221 Å². The lowest BCUT2D eigenvalue weighted by molar-refractivity contribution is 0.00115. The Hall–Kier alpha value is -5.20. The van der Waals surface area contributed by atoms with Gasteiger partial charge in [0.1, 0.15) is 46.7 Å². The summed E-state index contributed by atoms with van der Waals surface area (Å²) in [4.78, 5) is 0. The van der Waals surface area contributed by atoms with Crippen LogP contribution in [0.25, 0.3) is 0 Å². The number of rotatable bonds is 3. The van der Waals surface area contributed by atoms with E-state index in [0.717, 1.165) is 12.1 Å². The number of phenolic OH excluding ortho intramolecular Hbond substituents is 8. The minimum absolute atomic E-state index is 0.0312. The van der Waals surface area contributed by atoms with E-state index in [-0.39, 0.29) is 51.5 Å². The summed E-state index contributed by atoms with van der Waals surface area (Å²) in [6.45, 7) is 0. The maximum absolute atomic E-state index is 11.8. The maximum Gasteiger partial charge on any atom is 0.157 e. The molecule has 2 aliphatic heterocycles. The van der Waals surface area contributed by atoms with Crippen LogP contribution in [0.4, 0.5) is 0 Å². The molecule has 42 heavy (non-hydrogen) atoms. The molecule has 2 heterocycles. The summed E-state index contributed by atoms with van der Waals surface area (Å²) in [7, 11) is 0. The van der Waals surface area contributed by atoms with E-state index < -0.39 is 70.6 Å². The fraction of sp³-hybridized carbons (Fsp3) is 0.200. The fourth-order valence-electron chi connectivity index (χ4n) is 5.71. The van der Waals surface area contributed by atoms with Crippen molar-refractivity contribution in [3.8, 4) is 57.5 Å². The van der Waals surface area contributed by atoms with Gasteiger partial charge in [-0.2, -0.15) is 0 Å². The van der Waals surface area contributed by atoms with Crippen LogP contribution in [-0.4, -0.2) is 63.3 Å². The van der Waals surface area contributed by atoms with Gasteiger partial charge >= 0.3 is 0 Å². The molecule has 0 aliphatic carbocycles. The van der Waals surface area contributed by atoms with Crippen molar-refractivity contribution in [2.75, 3.05) is 0 Å². The number of benzene rings is 4. The molecule has 0 saturated heterocycles. The Labute approximate surface area is 237 Å². The molecule has 2 aliphatic rings. The molecule has 0 radical (unpaired) electrons. The Morgan fingerprint density at radius 3 is 1.76 bits per heavy atom. The van der Waals surface area contributed by atoms with Gasteiger partial charge in [0.25, 0.3) is 0 Å². The first-order chi connectivity index (χ1) is 19.9. The summed E-state index contributed by atoms with van der Waals surface area (Å²) in [5.74, 6) is -5.08. The van der Waals surface area contributed by atoms with Crippen LogP contribution in [0.2, 0.25) is 0 Å². The Morgan fingerprint density at radius 1 is 0.548 bits per heavy atom. The van der Waals surface area contributed by atoms with E-state index in [9.17, 15) is 51.1 Å². The molecule has 5 atom stereocenters. The van der Waals surface area contributed by atoms with E-state index in [2.05, 4.69) is 0 Å². The van der Waals surface area contributed by atoms with Gasteiger partial charge in [-0.3, -0.25) is 0 Å². The van der Waals surface area contributed by atoms with Crippen molar-refractivity contribution in [1.82, 2.24) is 0 Å². The zero-order chi connectivity index (χ0) is 30.0. The molecule has 218 valence electrons. The van der Waals surface area contributed by atoms with Crippen molar-refractivity contribution in [2.45, 2.75) is 36.8 Å². The predicted molar refractivity (Wildman–Crippen MR) is 143 cm³/mol. The monoisotopic (exact) mass is 579 g/mol. The average molecular weight is 580 g/mol. The van der Waals surface area contributed by atoms with Gasteiger partial charge in [-0.1, -0.05) is 12.1 Å². The zero-order valence-corrected chi connectivity index (χ0v) is 21.6. The molecule has 0 bridgehead atoms. The standard InChI is InChI=1S/C30H26O12/c31-13-7-20(37)24-23(8-13)41-29(12-2-4-16(33)19(36)6-12)27(40)26(24)25-21(38)10-17(34)14-9-22(39)28(42-30(14)25)11-1-3-15(32)18(35)5-11/h1-8,10,22,26-29,31-40H,9H2/t22-,26-,27+,28+,29-/m0/s1/i26+1. The number of fused-ring (bicyclic) bond motifs is 2. The quantitative estimate of drug-likeness (QED) is 0.125. The highest BCUT2D eigenvalue weighted by Gasteiger charge is 2.46. The smallest absolute Gasteiger partial charge is 0.157 e. The van der Waals surface area contributed by atoms with Crippen LogP contribution >= 0.6 is 0 Å². The van der Waals surface area contributed by atoms with Gasteiger partial charge in [-0.05, 0) is 35.4 Å². The molecule has 10 N–H and O–H groups in total. The van der Waals surface area contributed by atoms with Crippen LogP contribution in [-0.2, 0) is 6.42 Å². The van der Waals surface area contributed by atoms with Crippen LogP contribution in [0.5, 0.6) is 57.5 Å². The largest absolute Gasteiger partial charge is 0.508 e. The average Bonchev–Trinajstić information content (AvgIpc) is 2.93. The Kier molecular flexibility index (Phi) is 6.24. The Balaban J connectivity index is 1.55. The van der Waals surface area contributed by atoms with Crippen LogP contribution in [0.15, 0.2) is 54.6 Å². The van der Waals surface area contributed by atoms with Gasteiger partial charge in [-0.25, -0.2) is 0 Å². The second-order valence-corrected chi connectivity index (χ2v) is 10.3. The lowest BCUT2D eigenvalue weighted by Crippen LogP contribution is -2.36. The minimum atomic E-state index is -1.59. The van der Waals surface area contributed by atoms with Crippen molar-refractivity contribution in [1.29, 1.82) is 0 Å². The summed E-state index contributed by atoms with van der Waals surface area (Å²) in [5, 5.41) is 105. The lowest BCUT2D eigenvalue weighted by atomic mass is 9.90. The molecule has 0 unspecified atom stereocenters. The maximum atomic E-state index is 11.8. The molecular weight excluding hydrogens is 553 g/mol. The van der Waals surface area contributed by atoms with Crippen molar-refractivity contribution in [3.05, 3.63) is 82.4 Å². The van der Waals surface area contributed by atoms with E-state index >= 15 is 0 Å². The highest BCUT2D eigenvalue weighted by atomic mass is 16.5. The van der Waals surface area contributed by atoms with Gasteiger partial charge in [0.2, 0.25) is 0 Å². The number of ether oxygens (including phenoxy) is 2. The highest BCUT2D eigenvalue weighted by Crippen LogP contribution is 2.57. The van der Waals surface area contributed by atoms with Crippen molar-refractivity contribution in [3.63, 3.8) is 0 Å². The van der Waals surface area contributed by atoms with Crippen molar-refractivity contribution < 1.29 is 60.5 Å². The molecular formula is C30H26O12. The molecule has 4 aromatic carbocycles. The fourth-order valence-corrected chi connectivity index (χ4v) is 5.71. The molecule has 6 rings (SSSR count). The van der Waals surface area contributed by atoms with Gasteiger partial charge < -0.3 is 60.5 Å². The molecule has 12 nitrogen and oxygen atoms in total. The lowest BCUT2D eigenvalue weighted by Gasteiger charge is -2.40. The summed E-state index contributed by atoms with van der Waals surface area (Å²) >= 11 is 0. The van der Waals surface area contributed by atoms with Crippen molar-refractivity contribution in [2.24, 2.45) is 0 Å². The predicted octanol–water partition coefficient (Wildman–Crippen LogP) is 3.00. The number of aromatic hydroxyl groups is 8. The number of phenols is 8. The number of hydrogen-bond donors (Lipinski definition) is 10. The molecule has 0 spiro atoms. The summed E-state index contributed by atoms with van der Waals surface area (Å²) < 4.78 is 12.1. The zero-order valence-electron chi connectivity index (χ0n) is 21.6.